The van der Waals surface area contributed by atoms with Crippen molar-refractivity contribution in [3.05, 3.63) is 120 Å². The van der Waals surface area contributed by atoms with Crippen molar-refractivity contribution in [2.24, 2.45) is 11.8 Å². The van der Waals surface area contributed by atoms with Crippen molar-refractivity contribution in [1.29, 1.82) is 0 Å². The van der Waals surface area contributed by atoms with Crippen molar-refractivity contribution in [3.63, 3.8) is 0 Å². The van der Waals surface area contributed by atoms with Crippen LogP contribution in [0.3, 0.4) is 0 Å². The first kappa shape index (κ1) is 30.9. The molecule has 0 amide bonds. The Bertz CT molecular complexity index is 2430. The Labute approximate surface area is 311 Å². The maximum atomic E-state index is 9.66. The monoisotopic (exact) mass is 686 g/mol. The van der Waals surface area contributed by atoms with Crippen LogP contribution >= 0.6 is 0 Å². The molecule has 0 bridgehead atoms. The maximum Gasteiger partial charge on any atom is 0.149 e. The third kappa shape index (κ3) is 5.87. The zero-order chi connectivity index (χ0) is 37.2. The maximum absolute atomic E-state index is 9.66. The van der Waals surface area contributed by atoms with Gasteiger partial charge in [-0.25, -0.2) is 4.98 Å². The number of benzene rings is 5. The molecule has 3 nitrogen and oxygen atoms in total. The van der Waals surface area contributed by atoms with Gasteiger partial charge in [0.05, 0.1) is 22.3 Å². The van der Waals surface area contributed by atoms with Crippen molar-refractivity contribution in [2.75, 3.05) is 0 Å². The second kappa shape index (κ2) is 13.7. The topological polar surface area (TPSA) is 31.0 Å². The second-order valence-corrected chi connectivity index (χ2v) is 16.1. The smallest absolute Gasteiger partial charge is 0.149 e. The molecule has 0 atom stereocenters. The van der Waals surface area contributed by atoms with Gasteiger partial charge in [-0.3, -0.25) is 4.57 Å². The summed E-state index contributed by atoms with van der Waals surface area (Å²) in [5, 5.41) is 2.11. The van der Waals surface area contributed by atoms with Crippen LogP contribution in [0.15, 0.2) is 108 Å². The van der Waals surface area contributed by atoms with Gasteiger partial charge < -0.3 is 4.42 Å². The van der Waals surface area contributed by atoms with Crippen molar-refractivity contribution in [1.82, 2.24) is 9.55 Å². The Morgan fingerprint density at radius 2 is 1.35 bits per heavy atom. The van der Waals surface area contributed by atoms with E-state index in [1.807, 2.05) is 39.8 Å². The number of hydrogen-bond acceptors (Lipinski definition) is 2. The summed E-state index contributed by atoms with van der Waals surface area (Å²) in [6.07, 6.45) is 12.0. The molecule has 0 radical (unpaired) electrons. The fraction of sp³-hybridized carbons (Fsp3) is 0.367. The standard InChI is InChI=1S/C49H52N2O/c1-31(2)42-28-38(36-24-22-35(23-25-36)33-14-7-5-8-15-33)29-43(32(3)4)47(42)51-45-21-12-11-20-44(45)50-49(51)41-19-13-18-40-39-27-26-37(30-46(39)52-48(40)41)34-16-9-6-10-17-34/h6,9-13,16-21,26-33,35-36H,5,7-8,14-15,22-25H2,1-4H3/i31D,32D. The van der Waals surface area contributed by atoms with Gasteiger partial charge in [0.15, 0.2) is 0 Å². The molecule has 264 valence electrons. The van der Waals surface area contributed by atoms with Crippen LogP contribution in [0.4, 0.5) is 0 Å². The van der Waals surface area contributed by atoms with E-state index in [-0.39, 0.29) is 0 Å². The first-order valence-electron chi connectivity index (χ1n) is 20.7. The van der Waals surface area contributed by atoms with Crippen molar-refractivity contribution in [3.8, 4) is 28.2 Å². The Hall–Kier alpha value is -4.63. The fourth-order valence-electron chi connectivity index (χ4n) is 9.64. The molecule has 52 heavy (non-hydrogen) atoms. The van der Waals surface area contributed by atoms with Crippen LogP contribution in [0.2, 0.25) is 0 Å². The predicted molar refractivity (Wildman–Crippen MR) is 219 cm³/mol. The Balaban J connectivity index is 1.22. The summed E-state index contributed by atoms with van der Waals surface area (Å²) in [5.41, 5.74) is 10.7. The molecule has 2 heterocycles. The summed E-state index contributed by atoms with van der Waals surface area (Å²) in [6, 6.07) is 36.2. The zero-order valence-electron chi connectivity index (χ0n) is 33.2. The number of hydrogen-bond donors (Lipinski definition) is 0. The normalized spacial score (nSPS) is 19.7. The quantitative estimate of drug-likeness (QED) is 0.167. The minimum atomic E-state index is -0.924. The molecule has 2 aromatic heterocycles. The van der Waals surface area contributed by atoms with Crippen LogP contribution in [-0.2, 0) is 0 Å². The van der Waals surface area contributed by atoms with E-state index in [0.717, 1.165) is 84.1 Å². The van der Waals surface area contributed by atoms with Gasteiger partial charge >= 0.3 is 0 Å². The molecule has 0 unspecified atom stereocenters. The van der Waals surface area contributed by atoms with Gasteiger partial charge in [0.2, 0.25) is 0 Å². The van der Waals surface area contributed by atoms with E-state index in [4.69, 9.17) is 9.40 Å². The van der Waals surface area contributed by atoms with Crippen LogP contribution < -0.4 is 0 Å². The Morgan fingerprint density at radius 3 is 2.08 bits per heavy atom. The molecular formula is C49H52N2O. The van der Waals surface area contributed by atoms with Crippen molar-refractivity contribution in [2.45, 2.75) is 103 Å². The highest BCUT2D eigenvalue weighted by Crippen LogP contribution is 2.46. The van der Waals surface area contributed by atoms with E-state index in [1.165, 1.54) is 63.4 Å². The van der Waals surface area contributed by atoms with Gasteiger partial charge in [-0.05, 0) is 113 Å². The van der Waals surface area contributed by atoms with Gasteiger partial charge in [0.25, 0.3) is 0 Å². The molecule has 5 aromatic carbocycles. The van der Waals surface area contributed by atoms with E-state index in [0.29, 0.717) is 5.92 Å². The highest BCUT2D eigenvalue weighted by atomic mass is 16.3. The number of aromatic nitrogens is 2. The number of fused-ring (bicyclic) bond motifs is 4. The second-order valence-electron chi connectivity index (χ2n) is 16.1. The number of rotatable bonds is 7. The first-order chi connectivity index (χ1) is 26.0. The average molecular weight is 687 g/mol. The molecule has 2 fully saturated rings. The lowest BCUT2D eigenvalue weighted by Crippen LogP contribution is -2.23. The Morgan fingerprint density at radius 1 is 0.654 bits per heavy atom. The lowest BCUT2D eigenvalue weighted by molar-refractivity contribution is 0.186. The molecule has 3 heteroatoms. The van der Waals surface area contributed by atoms with E-state index in [2.05, 4.69) is 95.6 Å². The molecule has 9 rings (SSSR count). The summed E-state index contributed by atoms with van der Waals surface area (Å²) in [7, 11) is 0. The van der Waals surface area contributed by atoms with E-state index in [9.17, 15) is 2.74 Å². The molecule has 2 aliphatic carbocycles. The summed E-state index contributed by atoms with van der Waals surface area (Å²) in [6.45, 7) is 8.00. The summed E-state index contributed by atoms with van der Waals surface area (Å²) in [4.78, 5) is 5.34. The molecule has 7 aromatic rings. The van der Waals surface area contributed by atoms with E-state index < -0.39 is 11.8 Å². The summed E-state index contributed by atoms with van der Waals surface area (Å²) < 4.78 is 28.4. The number of furan rings is 1. The lowest BCUT2D eigenvalue weighted by Gasteiger charge is -2.36. The summed E-state index contributed by atoms with van der Waals surface area (Å²) >= 11 is 0. The molecule has 0 spiro atoms. The van der Waals surface area contributed by atoms with Gasteiger partial charge in [-0.2, -0.15) is 0 Å². The predicted octanol–water partition coefficient (Wildman–Crippen LogP) is 14.4. The van der Waals surface area contributed by atoms with Crippen LogP contribution in [0, 0.1) is 11.8 Å². The first-order valence-corrected chi connectivity index (χ1v) is 19.7. The largest absolute Gasteiger partial charge is 0.455 e. The third-order valence-corrected chi connectivity index (χ3v) is 12.4. The van der Waals surface area contributed by atoms with Gasteiger partial charge in [-0.15, -0.1) is 0 Å². The average Bonchev–Trinajstić information content (AvgIpc) is 3.76. The highest BCUT2D eigenvalue weighted by molar-refractivity contribution is 6.10. The molecule has 2 saturated carbocycles. The van der Waals surface area contributed by atoms with Crippen LogP contribution in [0.5, 0.6) is 0 Å². The van der Waals surface area contributed by atoms with Crippen LogP contribution in [0.25, 0.3) is 61.2 Å². The molecule has 0 N–H and O–H groups in total. The molecule has 2 aliphatic rings. The van der Waals surface area contributed by atoms with Gasteiger partial charge in [-0.1, -0.05) is 133 Å². The minimum absolute atomic E-state index is 0.449. The SMILES string of the molecule is [2H]C(C)(C)c1cc(C2CCC(C3CCCCC3)CC2)cc(C([2H])(C)C)c1-n1c(-c2cccc3c2oc2cc(-c4ccccc4)ccc23)nc2ccccc21. The third-order valence-electron chi connectivity index (χ3n) is 12.4. The van der Waals surface area contributed by atoms with Crippen molar-refractivity contribution < 1.29 is 7.16 Å². The molecule has 0 saturated heterocycles. The van der Waals surface area contributed by atoms with E-state index >= 15 is 0 Å². The van der Waals surface area contributed by atoms with Crippen molar-refractivity contribution >= 4 is 33.0 Å². The highest BCUT2D eigenvalue weighted by Gasteiger charge is 2.31. The molecular weight excluding hydrogens is 633 g/mol. The van der Waals surface area contributed by atoms with Gasteiger partial charge in [0.1, 0.15) is 17.0 Å². The number of nitrogens with zero attached hydrogens (tertiary/aromatic N) is 2. The minimum Gasteiger partial charge on any atom is -0.455 e. The number of imidazole rings is 1. The summed E-state index contributed by atoms with van der Waals surface area (Å²) in [5.74, 6) is 1.12. The number of para-hydroxylation sites is 3. The zero-order valence-corrected chi connectivity index (χ0v) is 31.2. The van der Waals surface area contributed by atoms with Crippen LogP contribution in [0.1, 0.15) is 123 Å². The van der Waals surface area contributed by atoms with E-state index in [1.54, 1.807) is 0 Å². The van der Waals surface area contributed by atoms with Crippen LogP contribution in [-0.4, -0.2) is 9.55 Å². The lowest BCUT2D eigenvalue weighted by atomic mass is 9.69. The molecule has 0 aliphatic heterocycles. The Kier molecular flexibility index (Phi) is 8.17. The van der Waals surface area contributed by atoms with Gasteiger partial charge in [0, 0.05) is 13.5 Å². The fourth-order valence-corrected chi connectivity index (χ4v) is 9.64.